The molecule has 2 N–H and O–H groups in total. The summed E-state index contributed by atoms with van der Waals surface area (Å²) in [7, 11) is 1.71. The maximum Gasteiger partial charge on any atom is 0.165 e. The zero-order valence-electron chi connectivity index (χ0n) is 11.4. The summed E-state index contributed by atoms with van der Waals surface area (Å²) in [5.74, 6) is 4.04. The van der Waals surface area contributed by atoms with E-state index in [0.29, 0.717) is 12.6 Å². The maximum atomic E-state index is 6.26. The molecule has 3 rings (SSSR count). The molecule has 1 saturated carbocycles. The Balaban J connectivity index is 1.94. The van der Waals surface area contributed by atoms with E-state index in [1.54, 1.807) is 7.11 Å². The molecule has 0 spiro atoms. The number of para-hydroxylation sites is 1. The average Bonchev–Trinajstić information content (AvgIpc) is 3.08. The van der Waals surface area contributed by atoms with Crippen molar-refractivity contribution in [2.45, 2.75) is 30.8 Å². The molecule has 2 fully saturated rings. The van der Waals surface area contributed by atoms with E-state index < -0.39 is 0 Å². The molecule has 1 aromatic rings. The van der Waals surface area contributed by atoms with Crippen LogP contribution in [0.1, 0.15) is 24.8 Å². The van der Waals surface area contributed by atoms with Crippen molar-refractivity contribution in [1.82, 2.24) is 0 Å². The summed E-state index contributed by atoms with van der Waals surface area (Å²) in [5.41, 5.74) is 7.35. The minimum atomic E-state index is 0.135. The number of nitrogens with two attached hydrogens (primary N) is 1. The highest BCUT2D eigenvalue weighted by molar-refractivity contribution is 7.99. The van der Waals surface area contributed by atoms with Crippen LogP contribution < -0.4 is 15.2 Å². The zero-order valence-corrected chi connectivity index (χ0v) is 12.2. The SMILES string of the molecule is COc1cccc(C2(CN)CC2)c1OC1CCSC1. The normalized spacial score (nSPS) is 24.2. The molecule has 4 heteroatoms. The van der Waals surface area contributed by atoms with Gasteiger partial charge >= 0.3 is 0 Å². The molecule has 1 saturated heterocycles. The lowest BCUT2D eigenvalue weighted by molar-refractivity contribution is 0.214. The highest BCUT2D eigenvalue weighted by Gasteiger charge is 2.45. The second-order valence-corrected chi connectivity index (χ2v) is 6.57. The van der Waals surface area contributed by atoms with E-state index in [0.717, 1.165) is 36.5 Å². The van der Waals surface area contributed by atoms with Gasteiger partial charge in [0.2, 0.25) is 0 Å². The Kier molecular flexibility index (Phi) is 3.63. The topological polar surface area (TPSA) is 44.5 Å². The van der Waals surface area contributed by atoms with Crippen molar-refractivity contribution in [3.63, 3.8) is 0 Å². The van der Waals surface area contributed by atoms with Crippen LogP contribution in [0.25, 0.3) is 0 Å². The van der Waals surface area contributed by atoms with Crippen molar-refractivity contribution >= 4 is 11.8 Å². The molecule has 1 aliphatic heterocycles. The molecule has 1 aliphatic carbocycles. The van der Waals surface area contributed by atoms with Gasteiger partial charge in [-0.15, -0.1) is 0 Å². The van der Waals surface area contributed by atoms with Crippen LogP contribution in [0.15, 0.2) is 18.2 Å². The van der Waals surface area contributed by atoms with Gasteiger partial charge < -0.3 is 15.2 Å². The Morgan fingerprint density at radius 2 is 2.26 bits per heavy atom. The van der Waals surface area contributed by atoms with Gasteiger partial charge in [0.25, 0.3) is 0 Å². The van der Waals surface area contributed by atoms with Gasteiger partial charge in [-0.05, 0) is 31.1 Å². The number of ether oxygens (including phenoxy) is 2. The highest BCUT2D eigenvalue weighted by Crippen LogP contribution is 2.52. The molecule has 0 aromatic heterocycles. The van der Waals surface area contributed by atoms with Crippen molar-refractivity contribution in [3.8, 4) is 11.5 Å². The number of rotatable bonds is 5. The van der Waals surface area contributed by atoms with Crippen LogP contribution in [0.3, 0.4) is 0 Å². The first-order chi connectivity index (χ1) is 9.29. The highest BCUT2D eigenvalue weighted by atomic mass is 32.2. The Labute approximate surface area is 118 Å². The van der Waals surface area contributed by atoms with Crippen LogP contribution >= 0.6 is 11.8 Å². The Morgan fingerprint density at radius 3 is 2.84 bits per heavy atom. The Bertz CT molecular complexity index is 453. The summed E-state index contributed by atoms with van der Waals surface area (Å²) in [6.45, 7) is 0.690. The van der Waals surface area contributed by atoms with Gasteiger partial charge in [0, 0.05) is 23.3 Å². The molecule has 1 atom stereocenters. The summed E-state index contributed by atoms with van der Waals surface area (Å²) in [4.78, 5) is 0. The third kappa shape index (κ3) is 2.43. The molecular weight excluding hydrogens is 258 g/mol. The Morgan fingerprint density at radius 1 is 1.42 bits per heavy atom. The first-order valence-corrected chi connectivity index (χ1v) is 8.06. The van der Waals surface area contributed by atoms with Gasteiger partial charge in [-0.1, -0.05) is 12.1 Å². The average molecular weight is 279 g/mol. The fourth-order valence-electron chi connectivity index (χ4n) is 2.72. The van der Waals surface area contributed by atoms with Gasteiger partial charge in [-0.2, -0.15) is 11.8 Å². The molecule has 2 aliphatic rings. The van der Waals surface area contributed by atoms with E-state index in [4.69, 9.17) is 15.2 Å². The molecule has 19 heavy (non-hydrogen) atoms. The zero-order chi connectivity index (χ0) is 13.3. The third-order valence-electron chi connectivity index (χ3n) is 4.19. The van der Waals surface area contributed by atoms with E-state index in [-0.39, 0.29) is 5.41 Å². The lowest BCUT2D eigenvalue weighted by atomic mass is 9.94. The van der Waals surface area contributed by atoms with Gasteiger partial charge in [-0.3, -0.25) is 0 Å². The van der Waals surface area contributed by atoms with Crippen molar-refractivity contribution < 1.29 is 9.47 Å². The smallest absolute Gasteiger partial charge is 0.165 e. The molecule has 1 aromatic carbocycles. The number of hydrogen-bond acceptors (Lipinski definition) is 4. The summed E-state index contributed by atoms with van der Waals surface area (Å²) >= 11 is 1.96. The summed E-state index contributed by atoms with van der Waals surface area (Å²) in [6, 6.07) is 6.17. The minimum absolute atomic E-state index is 0.135. The Hall–Kier alpha value is -0.870. The lowest BCUT2D eigenvalue weighted by Gasteiger charge is -2.22. The van der Waals surface area contributed by atoms with E-state index in [9.17, 15) is 0 Å². The molecule has 3 nitrogen and oxygen atoms in total. The first-order valence-electron chi connectivity index (χ1n) is 6.91. The number of methoxy groups -OCH3 is 1. The maximum absolute atomic E-state index is 6.26. The second-order valence-electron chi connectivity index (χ2n) is 5.42. The standard InChI is InChI=1S/C15H21NO2S/c1-17-13-4-2-3-12(15(10-16)6-7-15)14(13)18-11-5-8-19-9-11/h2-4,11H,5-10,16H2,1H3. The van der Waals surface area contributed by atoms with Gasteiger partial charge in [0.05, 0.1) is 7.11 Å². The largest absolute Gasteiger partial charge is 0.493 e. The van der Waals surface area contributed by atoms with Crippen molar-refractivity contribution in [2.24, 2.45) is 5.73 Å². The van der Waals surface area contributed by atoms with Gasteiger partial charge in [0.1, 0.15) is 6.10 Å². The number of benzene rings is 1. The second kappa shape index (κ2) is 5.25. The third-order valence-corrected chi connectivity index (χ3v) is 5.32. The van der Waals surface area contributed by atoms with Crippen molar-refractivity contribution in [2.75, 3.05) is 25.2 Å². The monoisotopic (exact) mass is 279 g/mol. The van der Waals surface area contributed by atoms with Crippen molar-refractivity contribution in [3.05, 3.63) is 23.8 Å². The van der Waals surface area contributed by atoms with Gasteiger partial charge in [0.15, 0.2) is 11.5 Å². The molecular formula is C15H21NO2S. The molecule has 1 heterocycles. The fourth-order valence-corrected chi connectivity index (χ4v) is 3.82. The molecule has 1 unspecified atom stereocenters. The molecule has 0 amide bonds. The summed E-state index contributed by atoms with van der Waals surface area (Å²) in [5, 5.41) is 0. The number of hydrogen-bond donors (Lipinski definition) is 1. The summed E-state index contributed by atoms with van der Waals surface area (Å²) < 4.78 is 11.7. The molecule has 104 valence electrons. The van der Waals surface area contributed by atoms with E-state index in [1.807, 2.05) is 23.9 Å². The van der Waals surface area contributed by atoms with E-state index in [1.165, 1.54) is 11.3 Å². The quantitative estimate of drug-likeness (QED) is 0.899. The van der Waals surface area contributed by atoms with Crippen LogP contribution in [-0.2, 0) is 5.41 Å². The van der Waals surface area contributed by atoms with Crippen LogP contribution in [0.5, 0.6) is 11.5 Å². The fraction of sp³-hybridized carbons (Fsp3) is 0.600. The van der Waals surface area contributed by atoms with Crippen LogP contribution in [0.4, 0.5) is 0 Å². The van der Waals surface area contributed by atoms with Crippen LogP contribution in [0.2, 0.25) is 0 Å². The predicted molar refractivity (Wildman–Crippen MR) is 79.3 cm³/mol. The van der Waals surface area contributed by atoms with Crippen LogP contribution in [-0.4, -0.2) is 31.3 Å². The first kappa shape index (κ1) is 13.1. The van der Waals surface area contributed by atoms with E-state index >= 15 is 0 Å². The van der Waals surface area contributed by atoms with E-state index in [2.05, 4.69) is 6.07 Å². The predicted octanol–water partition coefficient (Wildman–Crippen LogP) is 2.57. The van der Waals surface area contributed by atoms with Crippen LogP contribution in [0, 0.1) is 0 Å². The molecule has 0 bridgehead atoms. The lowest BCUT2D eigenvalue weighted by Crippen LogP contribution is -2.23. The van der Waals surface area contributed by atoms with Gasteiger partial charge in [-0.25, -0.2) is 0 Å². The number of thioether (sulfide) groups is 1. The minimum Gasteiger partial charge on any atom is -0.493 e. The van der Waals surface area contributed by atoms with Crippen molar-refractivity contribution in [1.29, 1.82) is 0 Å². The summed E-state index contributed by atoms with van der Waals surface area (Å²) in [6.07, 6.45) is 3.75. The molecule has 0 radical (unpaired) electrons.